The van der Waals surface area contributed by atoms with E-state index in [4.69, 9.17) is 14.9 Å². The number of fused-ring (bicyclic) bond motifs is 3. The third-order valence-electron chi connectivity index (χ3n) is 6.97. The average molecular weight is 597 g/mol. The van der Waals surface area contributed by atoms with E-state index in [1.54, 1.807) is 16.7 Å². The first-order valence-corrected chi connectivity index (χ1v) is 13.7. The Labute approximate surface area is 238 Å². The molecule has 1 aromatic carbocycles. The Morgan fingerprint density at radius 2 is 1.95 bits per heavy atom. The van der Waals surface area contributed by atoms with Crippen LogP contribution in [0.4, 0.5) is 20.4 Å². The molecule has 0 bridgehead atoms. The van der Waals surface area contributed by atoms with Crippen LogP contribution in [0.5, 0.6) is 5.75 Å². The van der Waals surface area contributed by atoms with Crippen LogP contribution in [0, 0.1) is 11.6 Å². The highest BCUT2D eigenvalue weighted by Crippen LogP contribution is 2.30. The van der Waals surface area contributed by atoms with E-state index in [9.17, 15) is 13.6 Å². The van der Waals surface area contributed by atoms with Crippen molar-refractivity contribution in [1.82, 2.24) is 49.7 Å². The Balaban J connectivity index is 1.04. The van der Waals surface area contributed by atoms with E-state index in [1.807, 2.05) is 4.90 Å². The van der Waals surface area contributed by atoms with Gasteiger partial charge in [-0.3, -0.25) is 14.3 Å². The summed E-state index contributed by atoms with van der Waals surface area (Å²) in [6.07, 6.45) is 1.52. The van der Waals surface area contributed by atoms with Crippen molar-refractivity contribution in [2.45, 2.75) is 13.2 Å². The predicted octanol–water partition coefficient (Wildman–Crippen LogP) is 1.54. The molecular weight excluding hydrogens is 574 g/mol. The lowest BCUT2D eigenvalue weighted by Gasteiger charge is -2.36. The number of benzene rings is 1. The van der Waals surface area contributed by atoms with Gasteiger partial charge in [0, 0.05) is 51.4 Å². The lowest BCUT2D eigenvalue weighted by atomic mass is 10.2. The van der Waals surface area contributed by atoms with E-state index in [0.29, 0.717) is 72.7 Å². The molecule has 6 heterocycles. The largest absolute Gasteiger partial charge is 0.482 e. The van der Waals surface area contributed by atoms with Crippen molar-refractivity contribution in [2.75, 3.05) is 43.4 Å². The summed E-state index contributed by atoms with van der Waals surface area (Å²) < 4.78 is 43.5. The van der Waals surface area contributed by atoms with Gasteiger partial charge in [-0.05, 0) is 22.6 Å². The number of rotatable bonds is 8. The van der Waals surface area contributed by atoms with Gasteiger partial charge in [0.2, 0.25) is 11.8 Å². The van der Waals surface area contributed by atoms with Crippen LogP contribution in [0.25, 0.3) is 27.6 Å². The van der Waals surface area contributed by atoms with Crippen LogP contribution in [0.3, 0.4) is 0 Å². The number of anilines is 2. The molecule has 0 amide bonds. The fourth-order valence-electron chi connectivity index (χ4n) is 4.85. The maximum Gasteiger partial charge on any atom is 0.309 e. The van der Waals surface area contributed by atoms with Gasteiger partial charge < -0.3 is 19.8 Å². The summed E-state index contributed by atoms with van der Waals surface area (Å²) in [5.74, 6) is -0.354. The van der Waals surface area contributed by atoms with Crippen LogP contribution in [-0.4, -0.2) is 82.4 Å². The van der Waals surface area contributed by atoms with Gasteiger partial charge in [-0.25, -0.2) is 18.9 Å². The SMILES string of the molecule is Nc1nc2c(sc(=O)n2CCN2CCN(c3cc(OCc4nnn[nH]4)c(F)cc3F)CC2)c2nc(-c3ccco3)nn12. The zero-order valence-electron chi connectivity index (χ0n) is 21.8. The number of H-pyrrole nitrogens is 1. The quantitative estimate of drug-likeness (QED) is 0.260. The molecule has 0 radical (unpaired) electrons. The summed E-state index contributed by atoms with van der Waals surface area (Å²) in [5, 5.41) is 17.5. The number of thiazole rings is 1. The molecule has 1 saturated heterocycles. The Kier molecular flexibility index (Phi) is 6.46. The second kappa shape index (κ2) is 10.5. The molecule has 216 valence electrons. The zero-order chi connectivity index (χ0) is 28.8. The zero-order valence-corrected chi connectivity index (χ0v) is 22.6. The van der Waals surface area contributed by atoms with Gasteiger partial charge in [0.05, 0.1) is 12.0 Å². The molecule has 0 saturated carbocycles. The summed E-state index contributed by atoms with van der Waals surface area (Å²) in [7, 11) is 0. The minimum absolute atomic E-state index is 0.0896. The summed E-state index contributed by atoms with van der Waals surface area (Å²) >= 11 is 1.03. The molecule has 7 rings (SSSR count). The van der Waals surface area contributed by atoms with Gasteiger partial charge in [0.15, 0.2) is 34.4 Å². The van der Waals surface area contributed by atoms with Crippen molar-refractivity contribution in [1.29, 1.82) is 0 Å². The number of hydrogen-bond donors (Lipinski definition) is 2. The maximum atomic E-state index is 14.7. The van der Waals surface area contributed by atoms with E-state index in [-0.39, 0.29) is 28.9 Å². The molecule has 42 heavy (non-hydrogen) atoms. The van der Waals surface area contributed by atoms with Crippen LogP contribution in [-0.2, 0) is 13.2 Å². The van der Waals surface area contributed by atoms with Crippen molar-refractivity contribution in [3.63, 3.8) is 0 Å². The minimum Gasteiger partial charge on any atom is -0.482 e. The third kappa shape index (κ3) is 4.69. The van der Waals surface area contributed by atoms with Gasteiger partial charge in [-0.1, -0.05) is 11.3 Å². The third-order valence-corrected chi connectivity index (χ3v) is 7.93. The second-order valence-electron chi connectivity index (χ2n) is 9.49. The van der Waals surface area contributed by atoms with E-state index in [1.165, 1.54) is 16.8 Å². The monoisotopic (exact) mass is 596 g/mol. The van der Waals surface area contributed by atoms with Crippen LogP contribution >= 0.6 is 11.3 Å². The van der Waals surface area contributed by atoms with Crippen LogP contribution in [0.1, 0.15) is 5.82 Å². The summed E-state index contributed by atoms with van der Waals surface area (Å²) in [5.41, 5.74) is 7.28. The predicted molar refractivity (Wildman–Crippen MR) is 146 cm³/mol. The van der Waals surface area contributed by atoms with Gasteiger partial charge in [-0.2, -0.15) is 9.50 Å². The number of nitrogens with zero attached hydrogens (tertiary/aromatic N) is 10. The second-order valence-corrected chi connectivity index (χ2v) is 10.5. The molecule has 15 nitrogen and oxygen atoms in total. The molecular formula is C24H22F2N12O3S. The highest BCUT2D eigenvalue weighted by Gasteiger charge is 2.24. The smallest absolute Gasteiger partial charge is 0.309 e. The topological polar surface area (TPSA) is 174 Å². The standard InChI is InChI=1S/C24H22F2N12O3S/c25-13-10-14(26)17(41-12-18-30-33-34-31-18)11-15(13)36-6-3-35(4-7-36)5-8-37-21-19(42-24(37)39)22-28-20(16-2-1-9-40-16)32-38(22)23(27)29-21/h1-2,9-11H,3-8,12H2,(H2,27,29)(H,30,31,33,34). The Morgan fingerprint density at radius 3 is 2.71 bits per heavy atom. The molecule has 18 heteroatoms. The summed E-state index contributed by atoms with van der Waals surface area (Å²) in [6, 6.07) is 5.62. The average Bonchev–Trinajstić information content (AvgIpc) is 3.79. The van der Waals surface area contributed by atoms with Gasteiger partial charge >= 0.3 is 4.87 Å². The fourth-order valence-corrected chi connectivity index (χ4v) is 5.78. The van der Waals surface area contributed by atoms with Crippen molar-refractivity contribution in [2.24, 2.45) is 0 Å². The first kappa shape index (κ1) is 26.0. The number of aromatic amines is 1. The molecule has 1 aliphatic rings. The number of tetrazole rings is 1. The van der Waals surface area contributed by atoms with Crippen LogP contribution < -0.4 is 20.2 Å². The molecule has 1 fully saturated rings. The summed E-state index contributed by atoms with van der Waals surface area (Å²) in [6.45, 7) is 3.03. The molecule has 1 aliphatic heterocycles. The lowest BCUT2D eigenvalue weighted by molar-refractivity contribution is 0.247. The van der Waals surface area contributed by atoms with Crippen molar-refractivity contribution in [3.05, 3.63) is 57.7 Å². The Bertz CT molecular complexity index is 1930. The number of aromatic nitrogens is 9. The number of halogens is 2. The Hall–Kier alpha value is -4.97. The molecule has 0 unspecified atom stereocenters. The number of piperazine rings is 1. The first-order chi connectivity index (χ1) is 20.4. The summed E-state index contributed by atoms with van der Waals surface area (Å²) in [4.78, 5) is 25.8. The normalized spacial score (nSPS) is 14.4. The number of nitrogens with one attached hydrogen (secondary N) is 1. The van der Waals surface area contributed by atoms with E-state index in [0.717, 1.165) is 17.4 Å². The molecule has 0 spiro atoms. The molecule has 0 atom stereocenters. The van der Waals surface area contributed by atoms with E-state index >= 15 is 0 Å². The van der Waals surface area contributed by atoms with Crippen molar-refractivity contribution >= 4 is 39.0 Å². The highest BCUT2D eigenvalue weighted by atomic mass is 32.1. The van der Waals surface area contributed by atoms with Crippen LogP contribution in [0.2, 0.25) is 0 Å². The van der Waals surface area contributed by atoms with E-state index in [2.05, 4.69) is 40.6 Å². The van der Waals surface area contributed by atoms with Gasteiger partial charge in [0.1, 0.15) is 17.1 Å². The lowest BCUT2D eigenvalue weighted by Crippen LogP contribution is -2.47. The van der Waals surface area contributed by atoms with Gasteiger partial charge in [-0.15, -0.1) is 10.2 Å². The minimum atomic E-state index is -0.814. The van der Waals surface area contributed by atoms with E-state index < -0.39 is 11.6 Å². The molecule has 0 aliphatic carbocycles. The first-order valence-electron chi connectivity index (χ1n) is 12.9. The van der Waals surface area contributed by atoms with Crippen LogP contribution in [0.15, 0.2) is 39.7 Å². The Morgan fingerprint density at radius 1 is 1.10 bits per heavy atom. The van der Waals surface area contributed by atoms with Crippen molar-refractivity contribution in [3.8, 4) is 17.3 Å². The van der Waals surface area contributed by atoms with Crippen molar-refractivity contribution < 1.29 is 17.9 Å². The number of hydrogen-bond acceptors (Lipinski definition) is 13. The highest BCUT2D eigenvalue weighted by molar-refractivity contribution is 7.17. The molecule has 5 aromatic heterocycles. The number of furan rings is 1. The number of nitrogen functional groups attached to an aromatic ring is 1. The fraction of sp³-hybridized carbons (Fsp3) is 0.292. The molecule has 3 N–H and O–H groups in total. The van der Waals surface area contributed by atoms with Gasteiger partial charge in [0.25, 0.3) is 0 Å². The molecule has 6 aromatic rings. The maximum absolute atomic E-state index is 14.7. The number of ether oxygens (including phenoxy) is 1. The number of nitrogens with two attached hydrogens (primary N) is 1.